The molecule has 0 saturated carbocycles. The number of carbonyl (C=O) groups is 4. The number of aromatic nitrogens is 1. The minimum Gasteiger partial charge on any atom is -0.354 e. The third-order valence-electron chi connectivity index (χ3n) is 3.06. The van der Waals surface area contributed by atoms with Crippen LogP contribution < -0.4 is 5.32 Å². The van der Waals surface area contributed by atoms with E-state index in [0.29, 0.717) is 12.2 Å². The minimum atomic E-state index is -0.266. The van der Waals surface area contributed by atoms with Crippen molar-refractivity contribution in [3.05, 3.63) is 24.0 Å². The van der Waals surface area contributed by atoms with Gasteiger partial charge in [-0.3, -0.25) is 24.1 Å². The van der Waals surface area contributed by atoms with Crippen LogP contribution in [0.3, 0.4) is 0 Å². The summed E-state index contributed by atoms with van der Waals surface area (Å²) in [6.45, 7) is 0.840. The van der Waals surface area contributed by atoms with Crippen LogP contribution in [0.1, 0.15) is 16.9 Å². The quantitative estimate of drug-likeness (QED) is 0.741. The zero-order chi connectivity index (χ0) is 15.2. The molecule has 2 heterocycles. The fraction of sp³-hybridized carbons (Fsp3) is 0.385. The normalized spacial score (nSPS) is 14.6. The Bertz CT molecular complexity index is 554. The van der Waals surface area contributed by atoms with E-state index in [9.17, 15) is 19.2 Å². The molecule has 0 unspecified atom stereocenters. The first-order valence-corrected chi connectivity index (χ1v) is 7.44. The predicted octanol–water partition coefficient (Wildman–Crippen LogP) is 0.502. The van der Waals surface area contributed by atoms with E-state index in [-0.39, 0.29) is 42.3 Å². The lowest BCUT2D eigenvalue weighted by Gasteiger charge is -2.13. The lowest BCUT2D eigenvalue weighted by molar-refractivity contribution is -0.125. The second kappa shape index (κ2) is 7.07. The van der Waals surface area contributed by atoms with Gasteiger partial charge in [-0.1, -0.05) is 11.8 Å². The number of nitrogens with one attached hydrogen (secondary N) is 1. The maximum atomic E-state index is 11.7. The molecule has 1 fully saturated rings. The van der Waals surface area contributed by atoms with Gasteiger partial charge in [0.1, 0.15) is 0 Å². The van der Waals surface area contributed by atoms with E-state index in [1.807, 2.05) is 0 Å². The van der Waals surface area contributed by atoms with Crippen LogP contribution in [0.5, 0.6) is 0 Å². The van der Waals surface area contributed by atoms with Gasteiger partial charge in [-0.25, -0.2) is 0 Å². The van der Waals surface area contributed by atoms with E-state index in [1.165, 1.54) is 0 Å². The van der Waals surface area contributed by atoms with Gasteiger partial charge in [0.25, 0.3) is 5.24 Å². The third kappa shape index (κ3) is 3.94. The third-order valence-corrected chi connectivity index (χ3v) is 3.92. The average molecular weight is 309 g/mol. The zero-order valence-corrected chi connectivity index (χ0v) is 12.1. The largest absolute Gasteiger partial charge is 0.354 e. The Morgan fingerprint density at radius 1 is 1.38 bits per heavy atom. The number of aryl methyl sites for hydroxylation is 1. The summed E-state index contributed by atoms with van der Waals surface area (Å²) in [4.78, 5) is 46.2. The lowest BCUT2D eigenvalue weighted by atomic mass is 10.3. The molecule has 0 radical (unpaired) electrons. The molecule has 1 N–H and O–H groups in total. The second-order valence-corrected chi connectivity index (χ2v) is 5.37. The molecule has 3 amide bonds. The van der Waals surface area contributed by atoms with E-state index in [4.69, 9.17) is 0 Å². The molecule has 0 aliphatic carbocycles. The highest BCUT2D eigenvalue weighted by atomic mass is 32.2. The number of amides is 3. The van der Waals surface area contributed by atoms with Gasteiger partial charge in [0.15, 0.2) is 6.29 Å². The van der Waals surface area contributed by atoms with Crippen molar-refractivity contribution in [3.8, 4) is 0 Å². The molecule has 0 bridgehead atoms. The first-order valence-electron chi connectivity index (χ1n) is 6.46. The maximum Gasteiger partial charge on any atom is 0.288 e. The summed E-state index contributed by atoms with van der Waals surface area (Å²) in [7, 11) is 0. The van der Waals surface area contributed by atoms with Gasteiger partial charge in [-0.15, -0.1) is 0 Å². The second-order valence-electron chi connectivity index (χ2n) is 4.44. The maximum absolute atomic E-state index is 11.7. The molecule has 7 nitrogen and oxygen atoms in total. The Balaban J connectivity index is 1.69. The number of aldehydes is 1. The van der Waals surface area contributed by atoms with Gasteiger partial charge in [0.2, 0.25) is 11.8 Å². The zero-order valence-electron chi connectivity index (χ0n) is 11.3. The molecule has 112 valence electrons. The first-order chi connectivity index (χ1) is 10.1. The molecule has 1 saturated heterocycles. The van der Waals surface area contributed by atoms with E-state index < -0.39 is 0 Å². The highest BCUT2D eigenvalue weighted by Gasteiger charge is 2.29. The SMILES string of the molecule is O=Cc1cccn1CCC(=O)NCCN1C(=O)CSC1=O. The topological polar surface area (TPSA) is 88.5 Å². The summed E-state index contributed by atoms with van der Waals surface area (Å²) in [5.41, 5.74) is 0.521. The van der Waals surface area contributed by atoms with Crippen LogP contribution in [-0.2, 0) is 16.1 Å². The lowest BCUT2D eigenvalue weighted by Crippen LogP contribution is -2.37. The first kappa shape index (κ1) is 15.3. The van der Waals surface area contributed by atoms with Gasteiger partial charge in [0.05, 0.1) is 11.4 Å². The van der Waals surface area contributed by atoms with Crippen molar-refractivity contribution in [2.45, 2.75) is 13.0 Å². The minimum absolute atomic E-state index is 0.175. The molecule has 2 rings (SSSR count). The molecule has 8 heteroatoms. The van der Waals surface area contributed by atoms with Crippen LogP contribution in [0.4, 0.5) is 4.79 Å². The fourth-order valence-corrected chi connectivity index (χ4v) is 2.70. The highest BCUT2D eigenvalue weighted by Crippen LogP contribution is 2.17. The summed E-state index contributed by atoms with van der Waals surface area (Å²) >= 11 is 0.973. The molecule has 1 aliphatic rings. The Morgan fingerprint density at radius 2 is 2.19 bits per heavy atom. The van der Waals surface area contributed by atoms with Crippen molar-refractivity contribution >= 4 is 35.1 Å². The Kier molecular flexibility index (Phi) is 5.15. The predicted molar refractivity (Wildman–Crippen MR) is 77.0 cm³/mol. The summed E-state index contributed by atoms with van der Waals surface area (Å²) in [6, 6.07) is 3.41. The molecule has 1 aromatic heterocycles. The van der Waals surface area contributed by atoms with Crippen molar-refractivity contribution in [2.24, 2.45) is 0 Å². The molecule has 21 heavy (non-hydrogen) atoms. The standard InChI is InChI=1S/C13H15N3O4S/c17-8-10-2-1-5-15(10)6-3-11(18)14-4-7-16-12(19)9-21-13(16)20/h1-2,5,8H,3-4,6-7,9H2,(H,14,18). The Morgan fingerprint density at radius 3 is 2.86 bits per heavy atom. The average Bonchev–Trinajstić information content (AvgIpc) is 3.05. The van der Waals surface area contributed by atoms with Gasteiger partial charge in [-0.2, -0.15) is 0 Å². The van der Waals surface area contributed by atoms with Crippen molar-refractivity contribution in [3.63, 3.8) is 0 Å². The van der Waals surface area contributed by atoms with Gasteiger partial charge < -0.3 is 9.88 Å². The number of carbonyl (C=O) groups excluding carboxylic acids is 4. The van der Waals surface area contributed by atoms with Crippen LogP contribution in [0.25, 0.3) is 0 Å². The number of thioether (sulfide) groups is 1. The van der Waals surface area contributed by atoms with E-state index >= 15 is 0 Å². The van der Waals surface area contributed by atoms with Gasteiger partial charge >= 0.3 is 0 Å². The summed E-state index contributed by atoms with van der Waals surface area (Å²) in [5.74, 6) is -0.232. The Hall–Kier alpha value is -2.09. The summed E-state index contributed by atoms with van der Waals surface area (Å²) < 4.78 is 1.69. The van der Waals surface area contributed by atoms with Crippen LogP contribution >= 0.6 is 11.8 Å². The molecule has 0 spiro atoms. The smallest absolute Gasteiger partial charge is 0.288 e. The molecule has 1 aromatic rings. The molecule has 1 aliphatic heterocycles. The van der Waals surface area contributed by atoms with Crippen LogP contribution in [0.2, 0.25) is 0 Å². The van der Waals surface area contributed by atoms with Crippen molar-refractivity contribution in [2.75, 3.05) is 18.8 Å². The number of imide groups is 1. The van der Waals surface area contributed by atoms with E-state index in [0.717, 1.165) is 22.9 Å². The number of hydrogen-bond acceptors (Lipinski definition) is 5. The van der Waals surface area contributed by atoms with E-state index in [2.05, 4.69) is 5.32 Å². The van der Waals surface area contributed by atoms with Crippen molar-refractivity contribution in [1.82, 2.24) is 14.8 Å². The fourth-order valence-electron chi connectivity index (χ4n) is 1.95. The van der Waals surface area contributed by atoms with Crippen LogP contribution in [0, 0.1) is 0 Å². The van der Waals surface area contributed by atoms with Crippen LogP contribution in [-0.4, -0.2) is 51.6 Å². The molecule has 0 aromatic carbocycles. The molecule has 0 atom stereocenters. The highest BCUT2D eigenvalue weighted by molar-refractivity contribution is 8.14. The number of rotatable bonds is 7. The Labute approximate surface area is 125 Å². The van der Waals surface area contributed by atoms with Gasteiger partial charge in [0, 0.05) is 32.3 Å². The summed E-state index contributed by atoms with van der Waals surface area (Å²) in [6.07, 6.45) is 2.70. The molecular weight excluding hydrogens is 294 g/mol. The van der Waals surface area contributed by atoms with Gasteiger partial charge in [-0.05, 0) is 12.1 Å². The number of nitrogens with zero attached hydrogens (tertiary/aromatic N) is 2. The van der Waals surface area contributed by atoms with Crippen molar-refractivity contribution in [1.29, 1.82) is 0 Å². The van der Waals surface area contributed by atoms with Crippen LogP contribution in [0.15, 0.2) is 18.3 Å². The summed E-state index contributed by atoms with van der Waals surface area (Å²) in [5, 5.41) is 2.39. The number of hydrogen-bond donors (Lipinski definition) is 1. The van der Waals surface area contributed by atoms with Crippen molar-refractivity contribution < 1.29 is 19.2 Å². The monoisotopic (exact) mass is 309 g/mol. The molecular formula is C13H15N3O4S. The van der Waals surface area contributed by atoms with E-state index in [1.54, 1.807) is 22.9 Å².